The number of fused-ring (bicyclic) bond motifs is 1. The van der Waals surface area contributed by atoms with E-state index in [2.05, 4.69) is 21.4 Å². The largest absolute Gasteiger partial charge is 0.478 e. The van der Waals surface area contributed by atoms with Crippen molar-refractivity contribution in [2.24, 2.45) is 0 Å². The molecule has 5 rings (SSSR count). The van der Waals surface area contributed by atoms with Crippen molar-refractivity contribution < 1.29 is 14.7 Å². The number of carboxylic acid groups (broad SMARTS) is 1. The van der Waals surface area contributed by atoms with Crippen LogP contribution in [0, 0.1) is 11.3 Å². The van der Waals surface area contributed by atoms with Gasteiger partial charge in [-0.25, -0.2) is 9.78 Å². The highest BCUT2D eigenvalue weighted by molar-refractivity contribution is 6.31. The number of nitrogens with zero attached hydrogens (tertiary/aromatic N) is 2. The summed E-state index contributed by atoms with van der Waals surface area (Å²) in [5.74, 6) is -1.06. The highest BCUT2D eigenvalue weighted by Gasteiger charge is 2.20. The molecular weight excluding hydrogens is 488 g/mol. The van der Waals surface area contributed by atoms with Crippen molar-refractivity contribution in [1.29, 1.82) is 5.26 Å². The van der Waals surface area contributed by atoms with Gasteiger partial charge >= 0.3 is 5.97 Å². The third-order valence-corrected chi connectivity index (χ3v) is 6.18. The molecule has 5 aromatic rings. The predicted octanol–water partition coefficient (Wildman–Crippen LogP) is 6.05. The van der Waals surface area contributed by atoms with Crippen LogP contribution < -0.4 is 5.32 Å². The van der Waals surface area contributed by atoms with E-state index in [-0.39, 0.29) is 17.0 Å². The maximum atomic E-state index is 12.8. The molecule has 0 unspecified atom stereocenters. The van der Waals surface area contributed by atoms with Gasteiger partial charge in [-0.3, -0.25) is 4.79 Å². The van der Waals surface area contributed by atoms with Crippen LogP contribution in [0.15, 0.2) is 84.9 Å². The molecule has 0 atom stereocenters. The molecule has 0 aliphatic heterocycles. The van der Waals surface area contributed by atoms with Crippen LogP contribution >= 0.6 is 11.6 Å². The number of imidazole rings is 1. The van der Waals surface area contributed by atoms with Gasteiger partial charge in [0.1, 0.15) is 5.82 Å². The van der Waals surface area contributed by atoms with Gasteiger partial charge in [0.15, 0.2) is 0 Å². The molecule has 0 fully saturated rings. The van der Waals surface area contributed by atoms with Gasteiger partial charge in [0.2, 0.25) is 0 Å². The summed E-state index contributed by atoms with van der Waals surface area (Å²) in [6.45, 7) is 0.321. The lowest BCUT2D eigenvalue weighted by molar-refractivity contribution is 0.0697. The minimum absolute atomic E-state index is 0.0428. The van der Waals surface area contributed by atoms with Crippen molar-refractivity contribution in [3.8, 4) is 28.6 Å². The number of nitrogens with one attached hydrogen (secondary N) is 2. The van der Waals surface area contributed by atoms with Crippen molar-refractivity contribution in [2.75, 3.05) is 0 Å². The number of aromatic amines is 1. The molecule has 0 saturated carbocycles. The molecule has 3 N–H and O–H groups in total. The number of aromatic nitrogens is 2. The first-order valence-electron chi connectivity index (χ1n) is 11.3. The zero-order valence-electron chi connectivity index (χ0n) is 19.3. The normalized spacial score (nSPS) is 10.7. The van der Waals surface area contributed by atoms with Gasteiger partial charge in [-0.05, 0) is 65.2 Å². The van der Waals surface area contributed by atoms with E-state index in [1.54, 1.807) is 48.5 Å². The summed E-state index contributed by atoms with van der Waals surface area (Å²) in [4.78, 5) is 32.9. The van der Waals surface area contributed by atoms with Crippen molar-refractivity contribution in [3.05, 3.63) is 112 Å². The predicted molar refractivity (Wildman–Crippen MR) is 141 cm³/mol. The van der Waals surface area contributed by atoms with Gasteiger partial charge in [-0.2, -0.15) is 5.26 Å². The van der Waals surface area contributed by atoms with Crippen LogP contribution in [-0.2, 0) is 6.54 Å². The zero-order valence-corrected chi connectivity index (χ0v) is 20.1. The van der Waals surface area contributed by atoms with Crippen LogP contribution in [0.2, 0.25) is 5.02 Å². The Bertz CT molecular complexity index is 1700. The second-order valence-corrected chi connectivity index (χ2v) is 8.79. The second kappa shape index (κ2) is 9.97. The average Bonchev–Trinajstić information content (AvgIpc) is 3.35. The smallest absolute Gasteiger partial charge is 0.336 e. The first-order valence-corrected chi connectivity index (χ1v) is 11.7. The molecule has 0 radical (unpaired) electrons. The number of aromatic carboxylic acids is 1. The molecule has 0 saturated heterocycles. The van der Waals surface area contributed by atoms with Crippen molar-refractivity contribution in [3.63, 3.8) is 0 Å². The van der Waals surface area contributed by atoms with E-state index in [0.29, 0.717) is 50.7 Å². The Morgan fingerprint density at radius 3 is 2.49 bits per heavy atom. The number of benzene rings is 4. The highest BCUT2D eigenvalue weighted by atomic mass is 35.5. The Kier molecular flexibility index (Phi) is 6.42. The van der Waals surface area contributed by atoms with Gasteiger partial charge in [-0.15, -0.1) is 0 Å². The Labute approximate surface area is 217 Å². The SMILES string of the molecule is N#Cc1ccc2nc(-c3ccc(Cl)cc3-c3ccc(C(=O)NCc4ccccc4)cc3C(=O)O)[nH]c2c1. The van der Waals surface area contributed by atoms with E-state index < -0.39 is 5.97 Å². The molecule has 180 valence electrons. The van der Waals surface area contributed by atoms with E-state index in [1.807, 2.05) is 30.3 Å². The third kappa shape index (κ3) is 4.92. The lowest BCUT2D eigenvalue weighted by Crippen LogP contribution is -2.23. The average molecular weight is 507 g/mol. The maximum absolute atomic E-state index is 12.8. The summed E-state index contributed by atoms with van der Waals surface area (Å²) in [5.41, 5.74) is 4.52. The number of nitriles is 1. The van der Waals surface area contributed by atoms with Gasteiger partial charge in [0.05, 0.1) is 28.2 Å². The van der Waals surface area contributed by atoms with Crippen LogP contribution in [-0.4, -0.2) is 27.0 Å². The van der Waals surface area contributed by atoms with Crippen molar-refractivity contribution in [1.82, 2.24) is 15.3 Å². The van der Waals surface area contributed by atoms with E-state index in [0.717, 1.165) is 5.56 Å². The van der Waals surface area contributed by atoms with Crippen molar-refractivity contribution >= 4 is 34.5 Å². The molecule has 0 spiro atoms. The molecule has 0 aliphatic rings. The highest BCUT2D eigenvalue weighted by Crippen LogP contribution is 2.36. The summed E-state index contributed by atoms with van der Waals surface area (Å²) in [6, 6.07) is 26.3. The number of rotatable bonds is 6. The lowest BCUT2D eigenvalue weighted by Gasteiger charge is -2.13. The van der Waals surface area contributed by atoms with Crippen LogP contribution in [0.4, 0.5) is 0 Å². The number of carboxylic acids is 1. The fourth-order valence-electron chi connectivity index (χ4n) is 4.13. The summed E-state index contributed by atoms with van der Waals surface area (Å²) >= 11 is 6.31. The van der Waals surface area contributed by atoms with E-state index in [9.17, 15) is 20.0 Å². The zero-order chi connectivity index (χ0) is 25.9. The third-order valence-electron chi connectivity index (χ3n) is 5.95. The Hall–Kier alpha value is -4.93. The van der Waals surface area contributed by atoms with E-state index >= 15 is 0 Å². The van der Waals surface area contributed by atoms with Crippen LogP contribution in [0.5, 0.6) is 0 Å². The standard InChI is InChI=1S/C29H19ClN4O3/c30-20-8-10-22(27-33-25-11-6-18(15-31)12-26(25)34-27)23(14-20)21-9-7-19(13-24(21)29(36)37)28(35)32-16-17-4-2-1-3-5-17/h1-14H,16H2,(H,32,35)(H,33,34)(H,36,37). The maximum Gasteiger partial charge on any atom is 0.336 e. The summed E-state index contributed by atoms with van der Waals surface area (Å²) < 4.78 is 0. The van der Waals surface area contributed by atoms with Crippen LogP contribution in [0.1, 0.15) is 31.8 Å². The summed E-state index contributed by atoms with van der Waals surface area (Å²) in [5, 5.41) is 22.5. The number of halogens is 1. The summed E-state index contributed by atoms with van der Waals surface area (Å²) in [6.07, 6.45) is 0. The summed E-state index contributed by atoms with van der Waals surface area (Å²) in [7, 11) is 0. The molecule has 8 heteroatoms. The number of H-pyrrole nitrogens is 1. The molecule has 1 amide bonds. The lowest BCUT2D eigenvalue weighted by atomic mass is 9.93. The molecule has 1 heterocycles. The molecule has 0 aliphatic carbocycles. The Morgan fingerprint density at radius 2 is 1.73 bits per heavy atom. The van der Waals surface area contributed by atoms with Crippen LogP contribution in [0.3, 0.4) is 0 Å². The first kappa shape index (κ1) is 23.8. The topological polar surface area (TPSA) is 119 Å². The van der Waals surface area contributed by atoms with Gasteiger partial charge in [0.25, 0.3) is 5.91 Å². The molecule has 37 heavy (non-hydrogen) atoms. The fraction of sp³-hybridized carbons (Fsp3) is 0.0345. The number of hydrogen-bond acceptors (Lipinski definition) is 4. The Morgan fingerprint density at radius 1 is 0.946 bits per heavy atom. The second-order valence-electron chi connectivity index (χ2n) is 8.35. The number of hydrogen-bond donors (Lipinski definition) is 3. The molecule has 0 bridgehead atoms. The Balaban J connectivity index is 1.54. The molecule has 4 aromatic carbocycles. The molecule has 7 nitrogen and oxygen atoms in total. The quantitative estimate of drug-likeness (QED) is 0.259. The molecule has 1 aromatic heterocycles. The van der Waals surface area contributed by atoms with Crippen LogP contribution in [0.25, 0.3) is 33.5 Å². The van der Waals surface area contributed by atoms with E-state index in [4.69, 9.17) is 11.6 Å². The van der Waals surface area contributed by atoms with Gasteiger partial charge in [-0.1, -0.05) is 48.0 Å². The monoisotopic (exact) mass is 506 g/mol. The van der Waals surface area contributed by atoms with Gasteiger partial charge < -0.3 is 15.4 Å². The first-order chi connectivity index (χ1) is 17.9. The molecular formula is C29H19ClN4O3. The van der Waals surface area contributed by atoms with Gasteiger partial charge in [0, 0.05) is 22.7 Å². The minimum atomic E-state index is -1.18. The number of amides is 1. The fourth-order valence-corrected chi connectivity index (χ4v) is 4.30. The number of carbonyl (C=O) groups excluding carboxylic acids is 1. The van der Waals surface area contributed by atoms with Crippen molar-refractivity contribution in [2.45, 2.75) is 6.54 Å². The number of carbonyl (C=O) groups is 2. The van der Waals surface area contributed by atoms with E-state index in [1.165, 1.54) is 6.07 Å². The minimum Gasteiger partial charge on any atom is -0.478 e.